The number of thioether (sulfide) groups is 1. The molecule has 1 rings (SSSR count). The Morgan fingerprint density at radius 1 is 1.07 bits per heavy atom. The minimum atomic E-state index is -4.50. The molecule has 0 aliphatic heterocycles. The van der Waals surface area contributed by atoms with Crippen molar-refractivity contribution in [2.45, 2.75) is 10.4 Å². The van der Waals surface area contributed by atoms with Gasteiger partial charge in [-0.2, -0.15) is 13.2 Å². The standard InChI is InChI=1S/C7H2Br2F4S/c8-3-1-2-4(9)6(5(3)10)14-7(11,12)13/h1-2H. The van der Waals surface area contributed by atoms with E-state index in [0.717, 1.165) is 0 Å². The van der Waals surface area contributed by atoms with Crippen molar-refractivity contribution in [3.63, 3.8) is 0 Å². The summed E-state index contributed by atoms with van der Waals surface area (Å²) in [5.41, 5.74) is -4.50. The van der Waals surface area contributed by atoms with Gasteiger partial charge < -0.3 is 0 Å². The lowest BCUT2D eigenvalue weighted by Gasteiger charge is -2.09. The van der Waals surface area contributed by atoms with Gasteiger partial charge in [-0.1, -0.05) is 0 Å². The van der Waals surface area contributed by atoms with Crippen LogP contribution in [-0.2, 0) is 0 Å². The van der Waals surface area contributed by atoms with Gasteiger partial charge in [0.05, 0.1) is 9.37 Å². The van der Waals surface area contributed by atoms with Gasteiger partial charge >= 0.3 is 5.51 Å². The maximum Gasteiger partial charge on any atom is 0.446 e. The minimum Gasteiger partial charge on any atom is -0.204 e. The molecule has 0 saturated heterocycles. The summed E-state index contributed by atoms with van der Waals surface area (Å²) in [6.45, 7) is 0. The quantitative estimate of drug-likeness (QED) is 0.390. The summed E-state index contributed by atoms with van der Waals surface area (Å²) in [7, 11) is 0. The van der Waals surface area contributed by atoms with Crippen LogP contribution in [0.15, 0.2) is 26.0 Å². The van der Waals surface area contributed by atoms with Crippen molar-refractivity contribution in [2.75, 3.05) is 0 Å². The molecule has 0 unspecified atom stereocenters. The predicted molar refractivity (Wildman–Crippen MR) is 53.7 cm³/mol. The van der Waals surface area contributed by atoms with Gasteiger partial charge in [0.1, 0.15) is 0 Å². The third kappa shape index (κ3) is 3.13. The monoisotopic (exact) mass is 352 g/mol. The molecule has 0 aliphatic rings. The molecule has 0 N–H and O–H groups in total. The summed E-state index contributed by atoms with van der Waals surface area (Å²) < 4.78 is 49.3. The van der Waals surface area contributed by atoms with Crippen LogP contribution < -0.4 is 0 Å². The highest BCUT2D eigenvalue weighted by atomic mass is 79.9. The molecule has 0 aliphatic carbocycles. The van der Waals surface area contributed by atoms with E-state index in [1.165, 1.54) is 12.1 Å². The predicted octanol–water partition coefficient (Wildman–Crippen LogP) is 4.96. The maximum absolute atomic E-state index is 13.2. The average molecular weight is 354 g/mol. The van der Waals surface area contributed by atoms with Gasteiger partial charge in [0.15, 0.2) is 5.82 Å². The van der Waals surface area contributed by atoms with E-state index in [9.17, 15) is 17.6 Å². The highest BCUT2D eigenvalue weighted by Crippen LogP contribution is 2.43. The average Bonchev–Trinajstić information content (AvgIpc) is 2.04. The van der Waals surface area contributed by atoms with E-state index >= 15 is 0 Å². The summed E-state index contributed by atoms with van der Waals surface area (Å²) in [5.74, 6) is -0.915. The number of hydrogen-bond acceptors (Lipinski definition) is 1. The van der Waals surface area contributed by atoms with Crippen LogP contribution in [0.3, 0.4) is 0 Å². The third-order valence-electron chi connectivity index (χ3n) is 1.22. The highest BCUT2D eigenvalue weighted by molar-refractivity contribution is 9.11. The zero-order valence-electron chi connectivity index (χ0n) is 6.33. The SMILES string of the molecule is Fc1c(Br)ccc(Br)c1SC(F)(F)F. The van der Waals surface area contributed by atoms with E-state index < -0.39 is 28.0 Å². The van der Waals surface area contributed by atoms with Gasteiger partial charge in [-0.25, -0.2) is 4.39 Å². The first-order valence-electron chi connectivity index (χ1n) is 3.20. The fourth-order valence-corrected chi connectivity index (χ4v) is 2.32. The molecule has 7 heteroatoms. The number of hydrogen-bond donors (Lipinski definition) is 0. The Hall–Kier alpha value is 0.250. The Morgan fingerprint density at radius 3 is 2.07 bits per heavy atom. The molecule has 0 radical (unpaired) electrons. The maximum atomic E-state index is 13.2. The van der Waals surface area contributed by atoms with Crippen LogP contribution in [0, 0.1) is 5.82 Å². The summed E-state index contributed by atoms with van der Waals surface area (Å²) >= 11 is 5.18. The van der Waals surface area contributed by atoms with Crippen molar-refractivity contribution in [3.05, 3.63) is 26.9 Å². The Morgan fingerprint density at radius 2 is 1.57 bits per heavy atom. The normalized spacial score (nSPS) is 11.9. The molecule has 0 amide bonds. The van der Waals surface area contributed by atoms with Gasteiger partial charge in [-0.05, 0) is 55.8 Å². The van der Waals surface area contributed by atoms with Gasteiger partial charge in [0, 0.05) is 4.47 Å². The summed E-state index contributed by atoms with van der Waals surface area (Å²) in [6, 6.07) is 2.68. The smallest absolute Gasteiger partial charge is 0.204 e. The van der Waals surface area contributed by atoms with Crippen molar-refractivity contribution in [1.82, 2.24) is 0 Å². The Kier molecular flexibility index (Phi) is 3.87. The number of benzene rings is 1. The molecule has 1 aromatic rings. The molecule has 0 heterocycles. The summed E-state index contributed by atoms with van der Waals surface area (Å²) in [4.78, 5) is -0.466. The molecule has 0 aromatic heterocycles. The summed E-state index contributed by atoms with van der Waals surface area (Å²) in [6.07, 6.45) is 0. The van der Waals surface area contributed by atoms with Crippen LogP contribution in [0.25, 0.3) is 0 Å². The first-order valence-corrected chi connectivity index (χ1v) is 5.61. The summed E-state index contributed by atoms with van der Waals surface area (Å²) in [5, 5.41) is 0. The van der Waals surface area contributed by atoms with Crippen molar-refractivity contribution >= 4 is 43.6 Å². The van der Waals surface area contributed by atoms with Gasteiger partial charge in [-0.15, -0.1) is 0 Å². The molecular weight excluding hydrogens is 352 g/mol. The molecule has 0 spiro atoms. The first-order chi connectivity index (χ1) is 6.31. The fourth-order valence-electron chi connectivity index (χ4n) is 0.718. The lowest BCUT2D eigenvalue weighted by Crippen LogP contribution is -2.01. The fraction of sp³-hybridized carbons (Fsp3) is 0.143. The second-order valence-electron chi connectivity index (χ2n) is 2.22. The zero-order valence-corrected chi connectivity index (χ0v) is 10.3. The topological polar surface area (TPSA) is 0 Å². The second-order valence-corrected chi connectivity index (χ2v) is 5.00. The number of alkyl halides is 3. The van der Waals surface area contributed by atoms with Gasteiger partial charge in [0.2, 0.25) is 0 Å². The molecule has 0 nitrogen and oxygen atoms in total. The van der Waals surface area contributed by atoms with Crippen LogP contribution in [0.4, 0.5) is 17.6 Å². The van der Waals surface area contributed by atoms with E-state index in [4.69, 9.17) is 0 Å². The van der Waals surface area contributed by atoms with E-state index in [2.05, 4.69) is 31.9 Å². The number of rotatable bonds is 1. The Balaban J connectivity index is 3.13. The number of halogens is 6. The van der Waals surface area contributed by atoms with E-state index in [0.29, 0.717) is 0 Å². The van der Waals surface area contributed by atoms with Crippen LogP contribution in [-0.4, -0.2) is 5.51 Å². The zero-order chi connectivity index (χ0) is 10.9. The first kappa shape index (κ1) is 12.3. The van der Waals surface area contributed by atoms with Crippen molar-refractivity contribution in [3.8, 4) is 0 Å². The molecule has 0 saturated carbocycles. The largest absolute Gasteiger partial charge is 0.446 e. The van der Waals surface area contributed by atoms with Crippen molar-refractivity contribution in [2.24, 2.45) is 0 Å². The lowest BCUT2D eigenvalue weighted by atomic mass is 10.3. The van der Waals surface area contributed by atoms with E-state index in [1.54, 1.807) is 0 Å². The van der Waals surface area contributed by atoms with E-state index in [1.807, 2.05) is 0 Å². The molecule has 0 atom stereocenters. The molecule has 1 aromatic carbocycles. The highest BCUT2D eigenvalue weighted by Gasteiger charge is 2.32. The van der Waals surface area contributed by atoms with Crippen molar-refractivity contribution < 1.29 is 17.6 Å². The molecular formula is C7H2Br2F4S. The van der Waals surface area contributed by atoms with Crippen LogP contribution >= 0.6 is 43.6 Å². The molecule has 0 bridgehead atoms. The molecule has 0 fully saturated rings. The van der Waals surface area contributed by atoms with Crippen LogP contribution in [0.5, 0.6) is 0 Å². The molecule has 14 heavy (non-hydrogen) atoms. The molecule has 78 valence electrons. The van der Waals surface area contributed by atoms with Crippen LogP contribution in [0.1, 0.15) is 0 Å². The lowest BCUT2D eigenvalue weighted by molar-refractivity contribution is -0.0329. The minimum absolute atomic E-state index is 0.00690. The third-order valence-corrected chi connectivity index (χ3v) is 3.59. The van der Waals surface area contributed by atoms with Gasteiger partial charge in [-0.3, -0.25) is 0 Å². The van der Waals surface area contributed by atoms with Crippen LogP contribution in [0.2, 0.25) is 0 Å². The Bertz CT molecular complexity index is 350. The van der Waals surface area contributed by atoms with E-state index in [-0.39, 0.29) is 8.95 Å². The van der Waals surface area contributed by atoms with Crippen molar-refractivity contribution in [1.29, 1.82) is 0 Å². The Labute approximate surface area is 98.3 Å². The van der Waals surface area contributed by atoms with Gasteiger partial charge in [0.25, 0.3) is 0 Å². The second kappa shape index (κ2) is 4.40.